The van der Waals surface area contributed by atoms with Crippen LogP contribution in [0, 0.1) is 0 Å². The molecule has 0 aliphatic heterocycles. The van der Waals surface area contributed by atoms with Gasteiger partial charge >= 0.3 is 0 Å². The summed E-state index contributed by atoms with van der Waals surface area (Å²) < 4.78 is 3.61. The number of halogens is 1. The van der Waals surface area contributed by atoms with Crippen molar-refractivity contribution in [3.63, 3.8) is 0 Å². The third kappa shape index (κ3) is 1.57. The van der Waals surface area contributed by atoms with Gasteiger partial charge in [0, 0.05) is 5.39 Å². The molecule has 2 rings (SSSR count). The molecule has 2 aromatic carbocycles. The van der Waals surface area contributed by atoms with Crippen molar-refractivity contribution in [1.29, 1.82) is 0 Å². The van der Waals surface area contributed by atoms with Gasteiger partial charge in [-0.3, -0.25) is 0 Å². The van der Waals surface area contributed by atoms with Crippen molar-refractivity contribution in [2.24, 2.45) is 8.44 Å². The summed E-state index contributed by atoms with van der Waals surface area (Å²) >= 11 is 1.78. The van der Waals surface area contributed by atoms with Gasteiger partial charge < -0.3 is 5.11 Å². The molecule has 3 nitrogen and oxygen atoms in total. The molecule has 0 unspecified atom stereocenters. The van der Waals surface area contributed by atoms with E-state index in [1.54, 1.807) is 28.9 Å². The Morgan fingerprint density at radius 3 is 2.64 bits per heavy atom. The smallest absolute Gasteiger partial charge is 0.150 e. The first-order chi connectivity index (χ1) is 6.83. The quantitative estimate of drug-likeness (QED) is 0.628. The molecule has 2 aromatic rings. The first kappa shape index (κ1) is 9.39. The van der Waals surface area contributed by atoms with Gasteiger partial charge in [0.15, 0.2) is 5.75 Å². The minimum atomic E-state index is 0.184. The van der Waals surface area contributed by atoms with E-state index in [0.717, 1.165) is 10.8 Å². The lowest BCUT2D eigenvalue weighted by atomic mass is 10.1. The van der Waals surface area contributed by atoms with Gasteiger partial charge in [0.1, 0.15) is 28.6 Å². The van der Waals surface area contributed by atoms with Crippen molar-refractivity contribution in [2.75, 3.05) is 0 Å². The highest BCUT2D eigenvalue weighted by Gasteiger charge is 2.04. The molecule has 0 heterocycles. The number of benzene rings is 2. The minimum absolute atomic E-state index is 0.184. The average Bonchev–Trinajstić information content (AvgIpc) is 2.23. The monoisotopic (exact) mass is 298 g/mol. The Morgan fingerprint density at radius 1 is 1.07 bits per heavy atom. The Bertz CT molecular complexity index is 496. The second-order valence-corrected chi connectivity index (χ2v) is 3.26. The van der Waals surface area contributed by atoms with Crippen molar-refractivity contribution in [3.05, 3.63) is 36.4 Å². The molecule has 0 aliphatic rings. The third-order valence-electron chi connectivity index (χ3n) is 2.02. The summed E-state index contributed by atoms with van der Waals surface area (Å²) in [6.07, 6.45) is 0. The first-order valence-corrected chi connectivity index (χ1v) is 5.02. The summed E-state index contributed by atoms with van der Waals surface area (Å²) in [5.41, 5.74) is 0.498. The van der Waals surface area contributed by atoms with Crippen molar-refractivity contribution in [3.8, 4) is 5.75 Å². The molecule has 0 atom stereocenters. The van der Waals surface area contributed by atoms with Gasteiger partial charge in [0.2, 0.25) is 0 Å². The van der Waals surface area contributed by atoms with Gasteiger partial charge in [-0.2, -0.15) is 0 Å². The highest BCUT2D eigenvalue weighted by molar-refractivity contribution is 14.1. The molecule has 0 saturated heterocycles. The largest absolute Gasteiger partial charge is 0.505 e. The van der Waals surface area contributed by atoms with Crippen LogP contribution in [0.5, 0.6) is 5.75 Å². The second kappa shape index (κ2) is 3.91. The fourth-order valence-corrected chi connectivity index (χ4v) is 1.60. The lowest BCUT2D eigenvalue weighted by molar-refractivity contribution is 0.483. The molecular formula is C10H7IN2O. The first-order valence-electron chi connectivity index (χ1n) is 4.05. The average molecular weight is 298 g/mol. The number of nitrogens with zero attached hydrogens (tertiary/aromatic N) is 2. The van der Waals surface area contributed by atoms with Gasteiger partial charge in [-0.05, 0) is 11.5 Å². The molecule has 0 aromatic heterocycles. The maximum Gasteiger partial charge on any atom is 0.150 e. The van der Waals surface area contributed by atoms with Crippen LogP contribution in [0.1, 0.15) is 0 Å². The van der Waals surface area contributed by atoms with Crippen LogP contribution in [0.25, 0.3) is 10.8 Å². The number of hydrogen-bond donors (Lipinski definition) is 1. The van der Waals surface area contributed by atoms with Crippen LogP contribution in [0.3, 0.4) is 0 Å². The van der Waals surface area contributed by atoms with Gasteiger partial charge in [-0.1, -0.05) is 30.3 Å². The molecule has 0 bridgehead atoms. The van der Waals surface area contributed by atoms with E-state index < -0.39 is 0 Å². The predicted octanol–water partition coefficient (Wildman–Crippen LogP) is 3.98. The van der Waals surface area contributed by atoms with Crippen LogP contribution >= 0.6 is 22.9 Å². The van der Waals surface area contributed by atoms with E-state index in [4.69, 9.17) is 0 Å². The molecule has 0 aliphatic carbocycles. The zero-order chi connectivity index (χ0) is 9.97. The molecule has 14 heavy (non-hydrogen) atoms. The summed E-state index contributed by atoms with van der Waals surface area (Å²) in [6.45, 7) is 0. The lowest BCUT2D eigenvalue weighted by Crippen LogP contribution is -1.73. The van der Waals surface area contributed by atoms with Crippen LogP contribution in [0.2, 0.25) is 0 Å². The molecular weight excluding hydrogens is 291 g/mol. The number of phenols is 1. The highest BCUT2D eigenvalue weighted by Crippen LogP contribution is 2.34. The molecule has 4 heteroatoms. The summed E-state index contributed by atoms with van der Waals surface area (Å²) in [7, 11) is 0. The Kier molecular flexibility index (Phi) is 2.62. The maximum absolute atomic E-state index is 9.82. The van der Waals surface area contributed by atoms with E-state index in [1.165, 1.54) is 0 Å². The molecule has 0 amide bonds. The van der Waals surface area contributed by atoms with E-state index in [0.29, 0.717) is 5.69 Å². The third-order valence-corrected chi connectivity index (χ3v) is 2.24. The van der Waals surface area contributed by atoms with Gasteiger partial charge in [0.25, 0.3) is 0 Å². The maximum atomic E-state index is 9.82. The molecule has 0 spiro atoms. The Labute approximate surface area is 95.0 Å². The predicted molar refractivity (Wildman–Crippen MR) is 64.1 cm³/mol. The van der Waals surface area contributed by atoms with Crippen molar-refractivity contribution in [1.82, 2.24) is 0 Å². The van der Waals surface area contributed by atoms with Crippen LogP contribution < -0.4 is 0 Å². The Hall–Kier alpha value is -1.17. The van der Waals surface area contributed by atoms with Crippen molar-refractivity contribution < 1.29 is 5.11 Å². The highest BCUT2D eigenvalue weighted by atomic mass is 127. The molecule has 0 fully saturated rings. The zero-order valence-electron chi connectivity index (χ0n) is 7.18. The van der Waals surface area contributed by atoms with E-state index in [9.17, 15) is 5.11 Å². The van der Waals surface area contributed by atoms with Gasteiger partial charge in [-0.15, -0.1) is 8.44 Å². The fourth-order valence-electron chi connectivity index (χ4n) is 1.37. The minimum Gasteiger partial charge on any atom is -0.505 e. The Morgan fingerprint density at radius 2 is 1.86 bits per heavy atom. The molecule has 0 saturated carbocycles. The summed E-state index contributed by atoms with van der Waals surface area (Å²) in [6, 6.07) is 11.3. The summed E-state index contributed by atoms with van der Waals surface area (Å²) in [5, 5.41) is 15.4. The van der Waals surface area contributed by atoms with Crippen LogP contribution in [-0.4, -0.2) is 5.11 Å². The van der Waals surface area contributed by atoms with Crippen LogP contribution in [0.4, 0.5) is 5.69 Å². The zero-order valence-corrected chi connectivity index (χ0v) is 9.34. The number of phenolic OH excluding ortho intramolecular Hbond substituents is 1. The number of fused-ring (bicyclic) bond motifs is 1. The van der Waals surface area contributed by atoms with Gasteiger partial charge in [0.05, 0.1) is 0 Å². The van der Waals surface area contributed by atoms with Crippen molar-refractivity contribution in [2.45, 2.75) is 0 Å². The number of aromatic hydroxyl groups is 1. The van der Waals surface area contributed by atoms with E-state index in [-0.39, 0.29) is 5.75 Å². The van der Waals surface area contributed by atoms with E-state index in [2.05, 4.69) is 8.44 Å². The van der Waals surface area contributed by atoms with Crippen LogP contribution in [0.15, 0.2) is 44.8 Å². The van der Waals surface area contributed by atoms with Gasteiger partial charge in [-0.25, -0.2) is 0 Å². The van der Waals surface area contributed by atoms with E-state index in [1.807, 2.05) is 30.3 Å². The summed E-state index contributed by atoms with van der Waals surface area (Å²) in [5.74, 6) is 0.184. The van der Waals surface area contributed by atoms with E-state index >= 15 is 0 Å². The SMILES string of the molecule is Oc1c(N=NI)ccc2ccccc12. The lowest BCUT2D eigenvalue weighted by Gasteiger charge is -2.02. The van der Waals surface area contributed by atoms with Crippen LogP contribution in [-0.2, 0) is 0 Å². The topological polar surface area (TPSA) is 45.0 Å². The standard InChI is InChI=1S/C10H7IN2O/c11-13-12-9-6-5-7-3-1-2-4-8(7)10(9)14/h1-6,14H. The van der Waals surface area contributed by atoms with Crippen molar-refractivity contribution >= 4 is 39.3 Å². The number of hydrogen-bond acceptors (Lipinski definition) is 3. The fraction of sp³-hybridized carbons (Fsp3) is 0. The second-order valence-electron chi connectivity index (χ2n) is 2.83. The molecule has 70 valence electrons. The summed E-state index contributed by atoms with van der Waals surface area (Å²) in [4.78, 5) is 0. The molecule has 1 N–H and O–H groups in total. The Balaban J connectivity index is 2.75. The number of rotatable bonds is 1. The molecule has 0 radical (unpaired) electrons. The normalized spacial score (nSPS) is 11.2.